The molecule has 1 unspecified atom stereocenters. The van der Waals surface area contributed by atoms with Crippen LogP contribution in [0.1, 0.15) is 32.8 Å². The average molecular weight is 302 g/mol. The maximum atomic E-state index is 12.0. The molecule has 0 saturated carbocycles. The molecule has 0 bridgehead atoms. The number of esters is 2. The van der Waals surface area contributed by atoms with Crippen LogP contribution in [0, 0.1) is 11.8 Å². The minimum Gasteiger partial charge on any atom is -0.422 e. The van der Waals surface area contributed by atoms with Crippen LogP contribution in [0.5, 0.6) is 0 Å². The van der Waals surface area contributed by atoms with Crippen LogP contribution in [0.15, 0.2) is 42.5 Å². The van der Waals surface area contributed by atoms with Gasteiger partial charge in [0.05, 0.1) is 0 Å². The van der Waals surface area contributed by atoms with Gasteiger partial charge in [-0.1, -0.05) is 49.4 Å². The standard InChI is InChI=1S/C18H22O4/c1-12(10-14-8-6-5-7-9-14)13(2)11-15-16(19)21-18(3,4)22-17(15)20/h5-9,13,15H,1,10-11H2,2-4H3. The van der Waals surface area contributed by atoms with Gasteiger partial charge in [0.25, 0.3) is 5.79 Å². The molecule has 0 spiro atoms. The van der Waals surface area contributed by atoms with Crippen LogP contribution < -0.4 is 0 Å². The van der Waals surface area contributed by atoms with Gasteiger partial charge in [0, 0.05) is 13.8 Å². The van der Waals surface area contributed by atoms with Crippen molar-refractivity contribution in [2.45, 2.75) is 39.4 Å². The van der Waals surface area contributed by atoms with E-state index in [-0.39, 0.29) is 5.92 Å². The van der Waals surface area contributed by atoms with Gasteiger partial charge in [0.2, 0.25) is 0 Å². The van der Waals surface area contributed by atoms with Crippen LogP contribution in [0.2, 0.25) is 0 Å². The maximum Gasteiger partial charge on any atom is 0.323 e. The third-order valence-electron chi connectivity index (χ3n) is 3.82. The molecule has 22 heavy (non-hydrogen) atoms. The van der Waals surface area contributed by atoms with Crippen LogP contribution in [0.3, 0.4) is 0 Å². The first-order chi connectivity index (χ1) is 10.3. The highest BCUT2D eigenvalue weighted by molar-refractivity contribution is 5.96. The highest BCUT2D eigenvalue weighted by atomic mass is 16.7. The number of ether oxygens (including phenoxy) is 2. The predicted molar refractivity (Wildman–Crippen MR) is 82.8 cm³/mol. The molecular formula is C18H22O4. The molecule has 0 amide bonds. The Balaban J connectivity index is 1.96. The first-order valence-electron chi connectivity index (χ1n) is 7.46. The van der Waals surface area contributed by atoms with Crippen molar-refractivity contribution in [1.29, 1.82) is 0 Å². The molecule has 1 heterocycles. The SMILES string of the molecule is C=C(Cc1ccccc1)C(C)CC1C(=O)OC(C)(C)OC1=O. The second-order valence-corrected chi connectivity index (χ2v) is 6.25. The van der Waals surface area contributed by atoms with Crippen molar-refractivity contribution in [2.75, 3.05) is 0 Å². The highest BCUT2D eigenvalue weighted by Crippen LogP contribution is 2.29. The molecular weight excluding hydrogens is 280 g/mol. The maximum absolute atomic E-state index is 12.0. The molecule has 0 aliphatic carbocycles. The number of benzene rings is 1. The van der Waals surface area contributed by atoms with Gasteiger partial charge in [-0.25, -0.2) is 0 Å². The van der Waals surface area contributed by atoms with Crippen LogP contribution in [0.25, 0.3) is 0 Å². The van der Waals surface area contributed by atoms with Gasteiger partial charge in [0.1, 0.15) is 0 Å². The van der Waals surface area contributed by atoms with E-state index in [1.54, 1.807) is 13.8 Å². The number of hydrogen-bond donors (Lipinski definition) is 0. The van der Waals surface area contributed by atoms with Gasteiger partial charge in [0.15, 0.2) is 5.92 Å². The summed E-state index contributed by atoms with van der Waals surface area (Å²) in [5.74, 6) is -3.04. The molecule has 1 aliphatic rings. The summed E-state index contributed by atoms with van der Waals surface area (Å²) in [5.41, 5.74) is 2.14. The molecule has 1 aliphatic heterocycles. The van der Waals surface area contributed by atoms with Crippen molar-refractivity contribution in [3.05, 3.63) is 48.0 Å². The molecule has 1 aromatic carbocycles. The topological polar surface area (TPSA) is 52.6 Å². The highest BCUT2D eigenvalue weighted by Gasteiger charge is 2.43. The van der Waals surface area contributed by atoms with Gasteiger partial charge in [-0.3, -0.25) is 9.59 Å². The van der Waals surface area contributed by atoms with Crippen LogP contribution in [0.4, 0.5) is 0 Å². The normalized spacial score (nSPS) is 19.2. The van der Waals surface area contributed by atoms with E-state index < -0.39 is 23.6 Å². The average Bonchev–Trinajstić information content (AvgIpc) is 2.42. The van der Waals surface area contributed by atoms with Crippen molar-refractivity contribution >= 4 is 11.9 Å². The van der Waals surface area contributed by atoms with Gasteiger partial charge in [-0.05, 0) is 24.3 Å². The number of carbonyl (C=O) groups excluding carboxylic acids is 2. The van der Waals surface area contributed by atoms with Gasteiger partial charge in [-0.15, -0.1) is 0 Å². The van der Waals surface area contributed by atoms with E-state index in [9.17, 15) is 9.59 Å². The Morgan fingerprint density at radius 2 is 1.73 bits per heavy atom. The Morgan fingerprint density at radius 1 is 1.18 bits per heavy atom. The first-order valence-corrected chi connectivity index (χ1v) is 7.46. The molecule has 2 rings (SSSR count). The summed E-state index contributed by atoms with van der Waals surface area (Å²) < 4.78 is 10.3. The molecule has 1 saturated heterocycles. The van der Waals surface area contributed by atoms with Crippen molar-refractivity contribution < 1.29 is 19.1 Å². The zero-order valence-corrected chi connectivity index (χ0v) is 13.3. The van der Waals surface area contributed by atoms with Crippen molar-refractivity contribution in [1.82, 2.24) is 0 Å². The van der Waals surface area contributed by atoms with E-state index >= 15 is 0 Å². The molecule has 0 radical (unpaired) electrons. The minimum atomic E-state index is -1.17. The lowest BCUT2D eigenvalue weighted by Crippen LogP contribution is -2.46. The molecule has 0 aromatic heterocycles. The van der Waals surface area contributed by atoms with Crippen molar-refractivity contribution in [2.24, 2.45) is 11.8 Å². The van der Waals surface area contributed by atoms with E-state index in [0.717, 1.165) is 17.6 Å². The quantitative estimate of drug-likeness (QED) is 0.476. The van der Waals surface area contributed by atoms with E-state index in [2.05, 4.69) is 6.58 Å². The van der Waals surface area contributed by atoms with Crippen LogP contribution in [-0.4, -0.2) is 17.7 Å². The van der Waals surface area contributed by atoms with Gasteiger partial charge in [-0.2, -0.15) is 0 Å². The molecule has 1 fully saturated rings. The van der Waals surface area contributed by atoms with Crippen LogP contribution in [-0.2, 0) is 25.5 Å². The Bertz CT molecular complexity index is 554. The zero-order valence-electron chi connectivity index (χ0n) is 13.3. The van der Waals surface area contributed by atoms with E-state index in [1.165, 1.54) is 0 Å². The Labute approximate surface area is 131 Å². The summed E-state index contributed by atoms with van der Waals surface area (Å²) in [6.07, 6.45) is 1.09. The summed E-state index contributed by atoms with van der Waals surface area (Å²) in [5, 5.41) is 0. The Kier molecular flexibility index (Phi) is 4.69. The van der Waals surface area contributed by atoms with Crippen molar-refractivity contribution in [3.63, 3.8) is 0 Å². The zero-order chi connectivity index (χ0) is 16.3. The van der Waals surface area contributed by atoms with Crippen molar-refractivity contribution in [3.8, 4) is 0 Å². The number of allylic oxidation sites excluding steroid dienone is 1. The molecule has 1 aromatic rings. The Morgan fingerprint density at radius 3 is 2.27 bits per heavy atom. The first kappa shape index (κ1) is 16.3. The summed E-state index contributed by atoms with van der Waals surface area (Å²) in [6.45, 7) is 9.16. The largest absolute Gasteiger partial charge is 0.422 e. The second-order valence-electron chi connectivity index (χ2n) is 6.25. The molecule has 118 valence electrons. The van der Waals surface area contributed by atoms with Gasteiger partial charge >= 0.3 is 11.9 Å². The number of rotatable bonds is 5. The smallest absolute Gasteiger partial charge is 0.323 e. The molecule has 4 nitrogen and oxygen atoms in total. The summed E-state index contributed by atoms with van der Waals surface area (Å²) in [7, 11) is 0. The summed E-state index contributed by atoms with van der Waals surface area (Å²) in [6, 6.07) is 9.98. The third-order valence-corrected chi connectivity index (χ3v) is 3.82. The minimum absolute atomic E-state index is 0.0199. The third kappa shape index (κ3) is 3.97. The number of hydrogen-bond acceptors (Lipinski definition) is 4. The fourth-order valence-electron chi connectivity index (χ4n) is 2.49. The van der Waals surface area contributed by atoms with E-state index in [0.29, 0.717) is 6.42 Å². The number of cyclic esters (lactones) is 2. The van der Waals surface area contributed by atoms with E-state index in [4.69, 9.17) is 9.47 Å². The summed E-state index contributed by atoms with van der Waals surface area (Å²) in [4.78, 5) is 24.0. The molecule has 1 atom stereocenters. The van der Waals surface area contributed by atoms with Gasteiger partial charge < -0.3 is 9.47 Å². The van der Waals surface area contributed by atoms with E-state index in [1.807, 2.05) is 37.3 Å². The lowest BCUT2D eigenvalue weighted by atomic mass is 9.87. The monoisotopic (exact) mass is 302 g/mol. The lowest BCUT2D eigenvalue weighted by Gasteiger charge is -2.33. The van der Waals surface area contributed by atoms with Crippen LogP contribution >= 0.6 is 0 Å². The fourth-order valence-corrected chi connectivity index (χ4v) is 2.49. The molecule has 0 N–H and O–H groups in total. The summed E-state index contributed by atoms with van der Waals surface area (Å²) >= 11 is 0. The number of carbonyl (C=O) groups is 2. The predicted octanol–water partition coefficient (Wildman–Crippen LogP) is 3.26. The Hall–Kier alpha value is -2.10. The fraction of sp³-hybridized carbons (Fsp3) is 0.444. The second kappa shape index (κ2) is 6.34. The lowest BCUT2D eigenvalue weighted by molar-refractivity contribution is -0.240. The molecule has 4 heteroatoms.